The van der Waals surface area contributed by atoms with Gasteiger partial charge in [-0.25, -0.2) is 4.72 Å². The zero-order chi connectivity index (χ0) is 24.4. The van der Waals surface area contributed by atoms with Crippen molar-refractivity contribution in [3.05, 3.63) is 24.3 Å². The van der Waals surface area contributed by atoms with E-state index < -0.39 is 39.8 Å². The van der Waals surface area contributed by atoms with Gasteiger partial charge in [0.1, 0.15) is 0 Å². The highest BCUT2D eigenvalue weighted by atomic mass is 32.2. The molecule has 1 rings (SSSR count). The van der Waals surface area contributed by atoms with E-state index in [-0.39, 0.29) is 31.1 Å². The average molecular weight is 486 g/mol. The fourth-order valence-corrected chi connectivity index (χ4v) is 4.19. The number of amides is 1. The number of hydrogen-bond donors (Lipinski definition) is 4. The van der Waals surface area contributed by atoms with Gasteiger partial charge in [0.2, 0.25) is 5.91 Å². The number of unbranched alkanes of at least 4 members (excludes halogenated alkanes) is 3. The second kappa shape index (κ2) is 13.3. The maximum absolute atomic E-state index is 12.2. The maximum atomic E-state index is 12.2. The molecule has 1 fully saturated rings. The topological polar surface area (TPSA) is 124 Å². The number of aliphatic hydroxyl groups excluding tert-OH is 3. The maximum Gasteiger partial charge on any atom is 0.516 e. The lowest BCUT2D eigenvalue weighted by atomic mass is 9.89. The predicted molar refractivity (Wildman–Crippen MR) is 114 cm³/mol. The molecule has 4 N–H and O–H groups in total. The zero-order valence-electron chi connectivity index (χ0n) is 18.2. The smallest absolute Gasteiger partial charge is 0.393 e. The van der Waals surface area contributed by atoms with Crippen molar-refractivity contribution in [3.8, 4) is 0 Å². The van der Waals surface area contributed by atoms with Crippen molar-refractivity contribution in [2.45, 2.75) is 88.5 Å². The number of aliphatic hydroxyl groups is 3. The summed E-state index contributed by atoms with van der Waals surface area (Å²) in [6.07, 6.45) is 9.23. The van der Waals surface area contributed by atoms with Crippen LogP contribution in [0.4, 0.5) is 13.2 Å². The normalized spacial score (nSPS) is 25.6. The van der Waals surface area contributed by atoms with Gasteiger partial charge in [0, 0.05) is 18.8 Å². The summed E-state index contributed by atoms with van der Waals surface area (Å²) in [4.78, 5) is 11.4. The molecule has 0 saturated heterocycles. The number of rotatable bonds is 13. The summed E-state index contributed by atoms with van der Waals surface area (Å²) in [6.45, 7) is 2.07. The molecule has 0 aromatic carbocycles. The van der Waals surface area contributed by atoms with Gasteiger partial charge in [-0.15, -0.1) is 0 Å². The second-order valence-electron chi connectivity index (χ2n) is 8.13. The molecule has 0 unspecified atom stereocenters. The third-order valence-corrected chi connectivity index (χ3v) is 6.58. The van der Waals surface area contributed by atoms with Crippen LogP contribution in [0.3, 0.4) is 0 Å². The van der Waals surface area contributed by atoms with Crippen molar-refractivity contribution in [1.29, 1.82) is 0 Å². The lowest BCUT2D eigenvalue weighted by molar-refractivity contribution is -0.120. The van der Waals surface area contributed by atoms with Crippen LogP contribution in [-0.4, -0.2) is 53.5 Å². The van der Waals surface area contributed by atoms with Gasteiger partial charge in [-0.2, -0.15) is 21.6 Å². The molecular weight excluding hydrogens is 451 g/mol. The van der Waals surface area contributed by atoms with E-state index in [0.717, 1.165) is 24.0 Å². The quantitative estimate of drug-likeness (QED) is 0.235. The summed E-state index contributed by atoms with van der Waals surface area (Å²) < 4.78 is 59.4. The Morgan fingerprint density at radius 1 is 1.16 bits per heavy atom. The lowest BCUT2D eigenvalue weighted by Crippen LogP contribution is -2.40. The summed E-state index contributed by atoms with van der Waals surface area (Å²) in [5.41, 5.74) is -5.54. The largest absolute Gasteiger partial charge is 0.516 e. The number of carbonyl (C=O) groups is 1. The van der Waals surface area contributed by atoms with Gasteiger partial charge in [-0.1, -0.05) is 50.5 Å². The molecule has 1 amide bonds. The first-order valence-electron chi connectivity index (χ1n) is 10.9. The van der Waals surface area contributed by atoms with Gasteiger partial charge in [0.05, 0.1) is 18.3 Å². The SMILES string of the molecule is CCCCC[C@H](O)/C=C/[C@@H]1[C@@H](C/C=C/CCCC(=O)NS(=O)(=O)C(F)(F)F)[C@@H](O)C[C@H]1O. The molecule has 0 spiro atoms. The van der Waals surface area contributed by atoms with E-state index in [9.17, 15) is 41.7 Å². The van der Waals surface area contributed by atoms with Crippen molar-refractivity contribution in [1.82, 2.24) is 4.72 Å². The molecule has 1 aliphatic carbocycles. The van der Waals surface area contributed by atoms with E-state index in [4.69, 9.17) is 0 Å². The fraction of sp³-hybridized carbons (Fsp3) is 0.762. The molecule has 11 heteroatoms. The van der Waals surface area contributed by atoms with Crippen molar-refractivity contribution in [2.24, 2.45) is 11.8 Å². The molecule has 5 atom stereocenters. The molecule has 0 aliphatic heterocycles. The third-order valence-electron chi connectivity index (χ3n) is 5.48. The van der Waals surface area contributed by atoms with Crippen LogP contribution in [0.25, 0.3) is 0 Å². The lowest BCUT2D eigenvalue weighted by Gasteiger charge is -2.19. The highest BCUT2D eigenvalue weighted by molar-refractivity contribution is 7.90. The summed E-state index contributed by atoms with van der Waals surface area (Å²) in [7, 11) is -5.68. The molecule has 186 valence electrons. The Morgan fingerprint density at radius 3 is 2.47 bits per heavy atom. The first kappa shape index (κ1) is 28.6. The Morgan fingerprint density at radius 2 is 1.84 bits per heavy atom. The number of carbonyl (C=O) groups excluding carboxylic acids is 1. The van der Waals surface area contributed by atoms with E-state index in [0.29, 0.717) is 19.3 Å². The van der Waals surface area contributed by atoms with Gasteiger partial charge in [-0.3, -0.25) is 4.79 Å². The van der Waals surface area contributed by atoms with Gasteiger partial charge < -0.3 is 15.3 Å². The third kappa shape index (κ3) is 9.60. The van der Waals surface area contributed by atoms with Crippen LogP contribution in [0.2, 0.25) is 0 Å². The van der Waals surface area contributed by atoms with Gasteiger partial charge in [-0.05, 0) is 31.6 Å². The molecule has 7 nitrogen and oxygen atoms in total. The van der Waals surface area contributed by atoms with Crippen LogP contribution in [0.1, 0.15) is 64.7 Å². The van der Waals surface area contributed by atoms with Gasteiger partial charge in [0.25, 0.3) is 0 Å². The highest BCUT2D eigenvalue weighted by Gasteiger charge is 2.46. The molecule has 0 heterocycles. The van der Waals surface area contributed by atoms with E-state index >= 15 is 0 Å². The van der Waals surface area contributed by atoms with E-state index in [1.165, 1.54) is 0 Å². The summed E-state index contributed by atoms with van der Waals surface area (Å²) in [6, 6.07) is 0. The predicted octanol–water partition coefficient (Wildman–Crippen LogP) is 2.92. The number of hydrogen-bond acceptors (Lipinski definition) is 6. The summed E-state index contributed by atoms with van der Waals surface area (Å²) >= 11 is 0. The van der Waals surface area contributed by atoms with Crippen LogP contribution >= 0.6 is 0 Å². The first-order valence-corrected chi connectivity index (χ1v) is 12.4. The summed E-state index contributed by atoms with van der Waals surface area (Å²) in [5.74, 6) is -1.79. The van der Waals surface area contributed by atoms with Crippen molar-refractivity contribution in [2.75, 3.05) is 0 Å². The number of nitrogens with one attached hydrogen (secondary N) is 1. The second-order valence-corrected chi connectivity index (χ2v) is 9.81. The molecular formula is C21H34F3NO6S. The number of halogens is 3. The van der Waals surface area contributed by atoms with Crippen molar-refractivity contribution >= 4 is 15.9 Å². The molecule has 1 aliphatic rings. The van der Waals surface area contributed by atoms with E-state index in [1.807, 2.05) is 0 Å². The standard InChI is InChI=1S/C21H34F3NO6S/c1-2-3-6-9-15(26)12-13-17-16(18(27)14-19(17)28)10-7-4-5-8-11-20(29)25-32(30,31)21(22,23)24/h4,7,12-13,15-19,26-28H,2-3,5-6,8-11,14H2,1H3,(H,25,29)/b7-4+,13-12+/t15-,16+,17+,18-,19+/m0/s1. The Hall–Kier alpha value is -1.43. The highest BCUT2D eigenvalue weighted by Crippen LogP contribution is 2.36. The molecule has 0 bridgehead atoms. The van der Waals surface area contributed by atoms with E-state index in [2.05, 4.69) is 6.92 Å². The Bertz CT molecular complexity index is 738. The molecule has 0 aromatic rings. The van der Waals surface area contributed by atoms with Crippen molar-refractivity contribution in [3.63, 3.8) is 0 Å². The van der Waals surface area contributed by atoms with Crippen LogP contribution in [0.5, 0.6) is 0 Å². The van der Waals surface area contributed by atoms with Crippen LogP contribution in [-0.2, 0) is 14.8 Å². The van der Waals surface area contributed by atoms with Crippen LogP contribution < -0.4 is 4.72 Å². The Labute approximate surface area is 187 Å². The minimum Gasteiger partial charge on any atom is -0.393 e. The minimum atomic E-state index is -5.68. The molecule has 1 saturated carbocycles. The molecule has 32 heavy (non-hydrogen) atoms. The Kier molecular flexibility index (Phi) is 11.9. The Balaban J connectivity index is 2.45. The number of alkyl halides is 3. The average Bonchev–Trinajstić information content (AvgIpc) is 2.94. The van der Waals surface area contributed by atoms with Crippen LogP contribution in [0, 0.1) is 11.8 Å². The fourth-order valence-electron chi connectivity index (χ4n) is 3.67. The minimum absolute atomic E-state index is 0.152. The van der Waals surface area contributed by atoms with Gasteiger partial charge >= 0.3 is 15.5 Å². The summed E-state index contributed by atoms with van der Waals surface area (Å²) in [5, 5.41) is 30.5. The van der Waals surface area contributed by atoms with Crippen molar-refractivity contribution < 1.29 is 41.7 Å². The molecule has 0 radical (unpaired) electrons. The van der Waals surface area contributed by atoms with E-state index in [1.54, 1.807) is 24.3 Å². The first-order chi connectivity index (χ1) is 14.9. The molecule has 0 aromatic heterocycles. The number of sulfonamides is 1. The number of allylic oxidation sites excluding steroid dienone is 2. The monoisotopic (exact) mass is 485 g/mol. The van der Waals surface area contributed by atoms with Crippen LogP contribution in [0.15, 0.2) is 24.3 Å². The van der Waals surface area contributed by atoms with Gasteiger partial charge in [0.15, 0.2) is 0 Å². The zero-order valence-corrected chi connectivity index (χ0v) is 19.0.